The lowest BCUT2D eigenvalue weighted by atomic mass is 10.2. The number of halogens is 4. The van der Waals surface area contributed by atoms with E-state index in [4.69, 9.17) is 11.6 Å². The lowest BCUT2D eigenvalue weighted by molar-refractivity contribution is -0.135. The molecule has 0 fully saturated rings. The van der Waals surface area contributed by atoms with Gasteiger partial charge in [-0.15, -0.1) is 11.6 Å². The zero-order valence-corrected chi connectivity index (χ0v) is 8.67. The average Bonchev–Trinajstić information content (AvgIpc) is 2.08. The second-order valence-corrected chi connectivity index (χ2v) is 3.21. The smallest absolute Gasteiger partial charge is 0.313 e. The summed E-state index contributed by atoms with van der Waals surface area (Å²) in [4.78, 5) is 0. The average molecular weight is 230 g/mol. The van der Waals surface area contributed by atoms with Gasteiger partial charge in [0.15, 0.2) is 0 Å². The fourth-order valence-electron chi connectivity index (χ4n) is 0.907. The van der Waals surface area contributed by atoms with Crippen molar-refractivity contribution in [2.45, 2.75) is 25.4 Å². The molecule has 0 aromatic carbocycles. The van der Waals surface area contributed by atoms with Gasteiger partial charge in [0, 0.05) is 18.8 Å². The molecule has 0 spiro atoms. The van der Waals surface area contributed by atoms with Crippen LogP contribution in [0.25, 0.3) is 0 Å². The molecule has 0 rings (SSSR count). The van der Waals surface area contributed by atoms with Gasteiger partial charge >= 0.3 is 6.18 Å². The van der Waals surface area contributed by atoms with Crippen molar-refractivity contribution in [2.24, 2.45) is 0 Å². The van der Waals surface area contributed by atoms with Gasteiger partial charge < -0.3 is 5.32 Å². The molecule has 0 unspecified atom stereocenters. The van der Waals surface area contributed by atoms with Crippen LogP contribution in [0.5, 0.6) is 0 Å². The molecular weight excluding hydrogens is 215 g/mol. The summed E-state index contributed by atoms with van der Waals surface area (Å²) in [6, 6.07) is 0. The largest absolute Gasteiger partial charge is 0.389 e. The van der Waals surface area contributed by atoms with Crippen molar-refractivity contribution >= 4 is 11.6 Å². The van der Waals surface area contributed by atoms with Crippen LogP contribution in [-0.4, -0.2) is 25.1 Å². The first-order valence-electron chi connectivity index (χ1n) is 4.54. The third kappa shape index (κ3) is 11.8. The van der Waals surface area contributed by atoms with Gasteiger partial charge in [-0.25, -0.2) is 0 Å². The van der Waals surface area contributed by atoms with E-state index in [1.165, 1.54) is 0 Å². The predicted octanol–water partition coefficient (Wildman–Crippen LogP) is 3.10. The van der Waals surface area contributed by atoms with Gasteiger partial charge in [0.1, 0.15) is 0 Å². The van der Waals surface area contributed by atoms with Crippen molar-refractivity contribution in [1.82, 2.24) is 5.32 Å². The molecule has 1 N–H and O–H groups in total. The number of unbranched alkanes of at least 4 members (excludes halogenated alkanes) is 1. The first-order chi connectivity index (χ1) is 6.56. The maximum atomic E-state index is 11.7. The summed E-state index contributed by atoms with van der Waals surface area (Å²) in [7, 11) is 0. The Balaban J connectivity index is 3.11. The predicted molar refractivity (Wildman–Crippen MR) is 52.6 cm³/mol. The van der Waals surface area contributed by atoms with Crippen LogP contribution in [0.2, 0.25) is 0 Å². The van der Waals surface area contributed by atoms with E-state index in [0.29, 0.717) is 25.4 Å². The highest BCUT2D eigenvalue weighted by atomic mass is 35.5. The quantitative estimate of drug-likeness (QED) is 0.402. The Kier molecular flexibility index (Phi) is 7.99. The Hall–Kier alpha value is -0.220. The van der Waals surface area contributed by atoms with Gasteiger partial charge in [0.25, 0.3) is 0 Å². The number of alkyl halides is 4. The number of nitrogens with one attached hydrogen (secondary N) is 1. The summed E-state index contributed by atoms with van der Waals surface area (Å²) in [6.07, 6.45) is -0.310. The molecule has 0 saturated heterocycles. The molecule has 0 aliphatic rings. The summed E-state index contributed by atoms with van der Waals surface area (Å²) >= 11 is 5.37. The Morgan fingerprint density at radius 2 is 1.86 bits per heavy atom. The fraction of sp³-hybridized carbons (Fsp3) is 0.778. The molecule has 0 aromatic rings. The molecule has 0 aliphatic heterocycles. The van der Waals surface area contributed by atoms with Crippen molar-refractivity contribution in [3.63, 3.8) is 0 Å². The van der Waals surface area contributed by atoms with Gasteiger partial charge in [-0.2, -0.15) is 13.2 Å². The Morgan fingerprint density at radius 1 is 1.14 bits per heavy atom. The monoisotopic (exact) mass is 229 g/mol. The highest BCUT2D eigenvalue weighted by molar-refractivity contribution is 6.18. The van der Waals surface area contributed by atoms with Crippen molar-refractivity contribution in [3.05, 3.63) is 12.2 Å². The molecular formula is C9H15ClF3N. The molecule has 0 bridgehead atoms. The van der Waals surface area contributed by atoms with Gasteiger partial charge in [-0.3, -0.25) is 0 Å². The van der Waals surface area contributed by atoms with Crippen LogP contribution >= 0.6 is 11.6 Å². The van der Waals surface area contributed by atoms with Crippen LogP contribution in [0.4, 0.5) is 13.2 Å². The molecule has 0 saturated carbocycles. The van der Waals surface area contributed by atoms with Gasteiger partial charge in [0.05, 0.1) is 0 Å². The molecule has 0 heterocycles. The summed E-state index contributed by atoms with van der Waals surface area (Å²) in [5, 5.41) is 2.99. The number of rotatable bonds is 7. The van der Waals surface area contributed by atoms with Crippen molar-refractivity contribution in [3.8, 4) is 0 Å². The van der Waals surface area contributed by atoms with E-state index in [2.05, 4.69) is 5.32 Å². The van der Waals surface area contributed by atoms with Gasteiger partial charge in [-0.1, -0.05) is 12.2 Å². The Labute approximate surface area is 87.3 Å². The van der Waals surface area contributed by atoms with Crippen LogP contribution < -0.4 is 5.32 Å². The molecule has 0 aliphatic carbocycles. The van der Waals surface area contributed by atoms with E-state index in [1.54, 1.807) is 6.08 Å². The topological polar surface area (TPSA) is 12.0 Å². The second-order valence-electron chi connectivity index (χ2n) is 2.90. The van der Waals surface area contributed by atoms with E-state index in [-0.39, 0.29) is 6.42 Å². The second kappa shape index (κ2) is 8.12. The number of hydrogen-bond donors (Lipinski definition) is 1. The Morgan fingerprint density at radius 3 is 2.43 bits per heavy atom. The zero-order chi connectivity index (χ0) is 10.9. The first-order valence-corrected chi connectivity index (χ1v) is 5.08. The van der Waals surface area contributed by atoms with E-state index in [0.717, 1.165) is 0 Å². The third-order valence-corrected chi connectivity index (χ3v) is 1.76. The molecule has 0 amide bonds. The minimum Gasteiger partial charge on any atom is -0.313 e. The van der Waals surface area contributed by atoms with Gasteiger partial charge in [-0.05, 0) is 19.4 Å². The van der Waals surface area contributed by atoms with Crippen molar-refractivity contribution in [2.75, 3.05) is 19.0 Å². The maximum absolute atomic E-state index is 11.7. The van der Waals surface area contributed by atoms with Crippen LogP contribution in [0.15, 0.2) is 12.2 Å². The molecule has 5 heteroatoms. The fourth-order valence-corrected chi connectivity index (χ4v) is 1.03. The van der Waals surface area contributed by atoms with Crippen molar-refractivity contribution in [1.29, 1.82) is 0 Å². The van der Waals surface area contributed by atoms with Crippen LogP contribution in [0.1, 0.15) is 19.3 Å². The number of hydrogen-bond acceptors (Lipinski definition) is 1. The summed E-state index contributed by atoms with van der Waals surface area (Å²) < 4.78 is 35.1. The molecule has 0 atom stereocenters. The van der Waals surface area contributed by atoms with Crippen LogP contribution in [-0.2, 0) is 0 Å². The summed E-state index contributed by atoms with van der Waals surface area (Å²) in [6.45, 7) is 1.28. The van der Waals surface area contributed by atoms with E-state index in [9.17, 15) is 13.2 Å². The minimum absolute atomic E-state index is 0.190. The zero-order valence-electron chi connectivity index (χ0n) is 7.91. The Bertz CT molecular complexity index is 157. The molecule has 84 valence electrons. The number of allylic oxidation sites excluding steroid dienone is 1. The van der Waals surface area contributed by atoms with E-state index in [1.807, 2.05) is 6.08 Å². The van der Waals surface area contributed by atoms with Gasteiger partial charge in [0.2, 0.25) is 0 Å². The molecule has 14 heavy (non-hydrogen) atoms. The highest BCUT2D eigenvalue weighted by Gasteiger charge is 2.25. The lowest BCUT2D eigenvalue weighted by Crippen LogP contribution is -2.16. The summed E-state index contributed by atoms with van der Waals surface area (Å²) in [5.74, 6) is 0.468. The first kappa shape index (κ1) is 13.8. The van der Waals surface area contributed by atoms with E-state index >= 15 is 0 Å². The van der Waals surface area contributed by atoms with E-state index < -0.39 is 12.6 Å². The molecule has 0 radical (unpaired) electrons. The summed E-state index contributed by atoms with van der Waals surface area (Å²) in [5.41, 5.74) is 0. The normalized spacial score (nSPS) is 12.6. The SMILES string of the molecule is FC(F)(F)CCCCNC/C=C/CCl. The molecule has 1 nitrogen and oxygen atoms in total. The lowest BCUT2D eigenvalue weighted by Gasteiger charge is -2.05. The molecule has 0 aromatic heterocycles. The maximum Gasteiger partial charge on any atom is 0.389 e. The third-order valence-electron chi connectivity index (χ3n) is 1.58. The minimum atomic E-state index is -4.02. The van der Waals surface area contributed by atoms with Crippen LogP contribution in [0, 0.1) is 0 Å². The standard InChI is InChI=1S/C9H15ClF3N/c10-6-2-4-8-14-7-3-1-5-9(11,12)13/h2,4,14H,1,3,5-8H2/b4-2+. The van der Waals surface area contributed by atoms with Crippen molar-refractivity contribution < 1.29 is 13.2 Å². The highest BCUT2D eigenvalue weighted by Crippen LogP contribution is 2.21. The van der Waals surface area contributed by atoms with Crippen LogP contribution in [0.3, 0.4) is 0 Å².